The predicted molar refractivity (Wildman–Crippen MR) is 144 cm³/mol. The quantitative estimate of drug-likeness (QED) is 0.239. The first-order valence-corrected chi connectivity index (χ1v) is 13.9. The molecule has 12 heteroatoms. The summed E-state index contributed by atoms with van der Waals surface area (Å²) in [6, 6.07) is 12.3. The number of ether oxygens (including phenoxy) is 2. The number of hydrogen-bond acceptors (Lipinski definition) is 7. The maximum atomic E-state index is 15.8. The lowest BCUT2D eigenvalue weighted by molar-refractivity contribution is 0.0691. The molecule has 0 radical (unpaired) electrons. The number of aryl methyl sites for hydroxylation is 1. The van der Waals surface area contributed by atoms with E-state index in [9.17, 15) is 17.6 Å². The van der Waals surface area contributed by atoms with E-state index in [4.69, 9.17) is 14.6 Å². The van der Waals surface area contributed by atoms with Gasteiger partial charge in [-0.25, -0.2) is 18.6 Å². The molecular formula is C27H24F2N2O6S2. The third kappa shape index (κ3) is 5.86. The van der Waals surface area contributed by atoms with Crippen molar-refractivity contribution in [1.29, 1.82) is 0 Å². The van der Waals surface area contributed by atoms with E-state index in [-0.39, 0.29) is 33.9 Å². The molecule has 4 aromatic rings. The van der Waals surface area contributed by atoms with Crippen molar-refractivity contribution in [2.75, 3.05) is 11.8 Å². The van der Waals surface area contributed by atoms with Crippen LogP contribution in [0.2, 0.25) is 0 Å². The molecule has 39 heavy (non-hydrogen) atoms. The molecule has 0 atom stereocenters. The molecule has 0 amide bonds. The molecule has 0 saturated heterocycles. The molecule has 204 valence electrons. The Labute approximate surface area is 227 Å². The summed E-state index contributed by atoms with van der Waals surface area (Å²) in [5.41, 5.74) is 1.37. The van der Waals surface area contributed by atoms with Crippen molar-refractivity contribution >= 4 is 33.0 Å². The van der Waals surface area contributed by atoms with E-state index >= 15 is 4.39 Å². The van der Waals surface area contributed by atoms with Crippen LogP contribution in [0.3, 0.4) is 0 Å². The number of nitrogens with zero attached hydrogens (tertiary/aromatic N) is 1. The summed E-state index contributed by atoms with van der Waals surface area (Å²) in [5, 5.41) is 9.95. The first kappa shape index (κ1) is 28.0. The van der Waals surface area contributed by atoms with E-state index in [0.717, 1.165) is 28.5 Å². The molecule has 0 spiro atoms. The van der Waals surface area contributed by atoms with Gasteiger partial charge in [0, 0.05) is 17.0 Å². The summed E-state index contributed by atoms with van der Waals surface area (Å²) >= 11 is 0.896. The number of anilines is 1. The minimum Gasteiger partial charge on any atom is -0.495 e. The van der Waals surface area contributed by atoms with Crippen molar-refractivity contribution in [3.63, 3.8) is 0 Å². The van der Waals surface area contributed by atoms with Gasteiger partial charge in [-0.1, -0.05) is 29.8 Å². The molecule has 0 aliphatic rings. The van der Waals surface area contributed by atoms with Crippen molar-refractivity contribution < 1.29 is 36.6 Å². The van der Waals surface area contributed by atoms with Crippen molar-refractivity contribution in [1.82, 2.24) is 4.98 Å². The second kappa shape index (κ2) is 11.0. The number of benzene rings is 3. The highest BCUT2D eigenvalue weighted by Crippen LogP contribution is 2.40. The molecule has 0 fully saturated rings. The molecular weight excluding hydrogens is 550 g/mol. The normalized spacial score (nSPS) is 11.5. The SMILES string of the molecule is COc1cc(C(=O)O)c(F)cc1NS(=O)(=O)c1csc(-c2ccc(-c3ccc(C)cc3)c(OC(C)C)c2F)n1. The Hall–Kier alpha value is -4.03. The van der Waals surface area contributed by atoms with E-state index in [0.29, 0.717) is 11.6 Å². The van der Waals surface area contributed by atoms with Gasteiger partial charge in [-0.05, 0) is 44.5 Å². The Morgan fingerprint density at radius 2 is 1.74 bits per heavy atom. The number of carboxylic acids is 1. The molecule has 0 aliphatic carbocycles. The van der Waals surface area contributed by atoms with Gasteiger partial charge in [-0.2, -0.15) is 8.42 Å². The summed E-state index contributed by atoms with van der Waals surface area (Å²) in [6.45, 7) is 5.48. The number of hydrogen-bond donors (Lipinski definition) is 2. The predicted octanol–water partition coefficient (Wildman–Crippen LogP) is 6.36. The third-order valence-corrected chi connectivity index (χ3v) is 7.84. The zero-order valence-electron chi connectivity index (χ0n) is 21.3. The van der Waals surface area contributed by atoms with E-state index in [1.54, 1.807) is 19.9 Å². The van der Waals surface area contributed by atoms with E-state index in [2.05, 4.69) is 9.71 Å². The molecule has 2 N–H and O–H groups in total. The van der Waals surface area contributed by atoms with Gasteiger partial charge in [0.15, 0.2) is 16.6 Å². The molecule has 0 unspecified atom stereocenters. The molecule has 0 saturated carbocycles. The zero-order valence-corrected chi connectivity index (χ0v) is 22.9. The number of aromatic nitrogens is 1. The van der Waals surface area contributed by atoms with Gasteiger partial charge in [0.25, 0.3) is 10.0 Å². The lowest BCUT2D eigenvalue weighted by Gasteiger charge is -2.17. The number of rotatable bonds is 9. The summed E-state index contributed by atoms with van der Waals surface area (Å²) in [5.74, 6) is -3.58. The molecule has 1 aromatic heterocycles. The van der Waals surface area contributed by atoms with E-state index < -0.39 is 38.2 Å². The number of nitrogens with one attached hydrogen (secondary N) is 1. The van der Waals surface area contributed by atoms with Crippen LogP contribution in [-0.4, -0.2) is 37.7 Å². The Balaban J connectivity index is 1.71. The average molecular weight is 575 g/mol. The van der Waals surface area contributed by atoms with Crippen LogP contribution in [0, 0.1) is 18.6 Å². The minimum absolute atomic E-state index is 0.0165. The van der Waals surface area contributed by atoms with Crippen LogP contribution in [-0.2, 0) is 10.0 Å². The van der Waals surface area contributed by atoms with Crippen LogP contribution < -0.4 is 14.2 Å². The first-order valence-electron chi connectivity index (χ1n) is 11.6. The number of aromatic carboxylic acids is 1. The monoisotopic (exact) mass is 574 g/mol. The first-order chi connectivity index (χ1) is 18.4. The maximum Gasteiger partial charge on any atom is 0.338 e. The van der Waals surface area contributed by atoms with Crippen LogP contribution in [0.25, 0.3) is 21.7 Å². The van der Waals surface area contributed by atoms with Gasteiger partial charge in [0.2, 0.25) is 0 Å². The van der Waals surface area contributed by atoms with Gasteiger partial charge < -0.3 is 14.6 Å². The van der Waals surface area contributed by atoms with Crippen molar-refractivity contribution in [2.45, 2.75) is 31.9 Å². The Kier molecular flexibility index (Phi) is 7.89. The van der Waals surface area contributed by atoms with Crippen LogP contribution in [0.15, 0.2) is 58.9 Å². The van der Waals surface area contributed by atoms with Crippen LogP contribution >= 0.6 is 11.3 Å². The van der Waals surface area contributed by atoms with Crippen molar-refractivity contribution in [2.24, 2.45) is 0 Å². The summed E-state index contributed by atoms with van der Waals surface area (Å²) < 4.78 is 69.1. The second-order valence-electron chi connectivity index (χ2n) is 8.77. The van der Waals surface area contributed by atoms with E-state index in [1.807, 2.05) is 31.2 Å². The Morgan fingerprint density at radius 3 is 2.36 bits per heavy atom. The molecule has 3 aromatic carbocycles. The number of carbonyl (C=O) groups is 1. The van der Waals surface area contributed by atoms with Crippen molar-refractivity contribution in [3.05, 3.63) is 76.7 Å². The fourth-order valence-electron chi connectivity index (χ4n) is 3.70. The van der Waals surface area contributed by atoms with Crippen molar-refractivity contribution in [3.8, 4) is 33.2 Å². The highest BCUT2D eigenvalue weighted by atomic mass is 32.2. The van der Waals surface area contributed by atoms with Gasteiger partial charge in [0.1, 0.15) is 16.6 Å². The van der Waals surface area contributed by atoms with Crippen LogP contribution in [0.4, 0.5) is 14.5 Å². The second-order valence-corrected chi connectivity index (χ2v) is 11.3. The molecule has 0 bridgehead atoms. The number of methoxy groups -OCH3 is 1. The third-order valence-electron chi connectivity index (χ3n) is 5.57. The average Bonchev–Trinajstić information content (AvgIpc) is 3.36. The van der Waals surface area contributed by atoms with E-state index in [1.165, 1.54) is 18.6 Å². The Morgan fingerprint density at radius 1 is 1.08 bits per heavy atom. The number of sulfonamides is 1. The maximum absolute atomic E-state index is 15.8. The zero-order chi connectivity index (χ0) is 28.5. The van der Waals surface area contributed by atoms with Crippen LogP contribution in [0.5, 0.6) is 11.5 Å². The largest absolute Gasteiger partial charge is 0.495 e. The Bertz CT molecular complexity index is 1650. The van der Waals surface area contributed by atoms with Gasteiger partial charge in [-0.3, -0.25) is 4.72 Å². The summed E-state index contributed by atoms with van der Waals surface area (Å²) in [4.78, 5) is 15.3. The lowest BCUT2D eigenvalue weighted by Crippen LogP contribution is -2.15. The molecule has 4 rings (SSSR count). The van der Waals surface area contributed by atoms with Gasteiger partial charge in [0.05, 0.1) is 30.0 Å². The van der Waals surface area contributed by atoms with Gasteiger partial charge in [-0.15, -0.1) is 11.3 Å². The fourth-order valence-corrected chi connectivity index (χ4v) is 5.88. The number of carboxylic acid groups (broad SMARTS) is 1. The molecule has 1 heterocycles. The number of halogens is 2. The smallest absolute Gasteiger partial charge is 0.338 e. The number of thiazole rings is 1. The summed E-state index contributed by atoms with van der Waals surface area (Å²) in [7, 11) is -3.20. The lowest BCUT2D eigenvalue weighted by atomic mass is 10.0. The van der Waals surface area contributed by atoms with Crippen LogP contribution in [0.1, 0.15) is 29.8 Å². The highest BCUT2D eigenvalue weighted by molar-refractivity contribution is 7.92. The van der Waals surface area contributed by atoms with Gasteiger partial charge >= 0.3 is 5.97 Å². The highest BCUT2D eigenvalue weighted by Gasteiger charge is 2.25. The molecule has 8 nitrogen and oxygen atoms in total. The summed E-state index contributed by atoms with van der Waals surface area (Å²) in [6.07, 6.45) is -0.335. The topological polar surface area (TPSA) is 115 Å². The standard InChI is InChI=1S/C27H24F2N2O6S2/c1-14(2)37-25-17(16-7-5-15(3)6-8-16)9-10-18(24(25)29)26-30-23(13-38-26)39(34,35)31-21-12-20(28)19(27(32)33)11-22(21)36-4/h5-14,31H,1-4H3,(H,32,33). The molecule has 0 aliphatic heterocycles. The minimum atomic E-state index is -4.38. The fraction of sp³-hybridized carbons (Fsp3) is 0.185.